The highest BCUT2D eigenvalue weighted by molar-refractivity contribution is 8.02. The molecular formula is C23H28N2O6S. The summed E-state index contributed by atoms with van der Waals surface area (Å²) in [5.41, 5.74) is 3.27. The lowest BCUT2D eigenvalue weighted by molar-refractivity contribution is -0.403. The average molecular weight is 461 g/mol. The van der Waals surface area contributed by atoms with E-state index in [1.807, 2.05) is 36.6 Å². The van der Waals surface area contributed by atoms with Gasteiger partial charge in [-0.15, -0.1) is 11.8 Å². The van der Waals surface area contributed by atoms with Gasteiger partial charge in [0.15, 0.2) is 23.0 Å². The van der Waals surface area contributed by atoms with Crippen molar-refractivity contribution in [3.05, 3.63) is 68.4 Å². The van der Waals surface area contributed by atoms with E-state index in [2.05, 4.69) is 4.90 Å². The molecule has 0 aliphatic carbocycles. The first kappa shape index (κ1) is 23.6. The van der Waals surface area contributed by atoms with E-state index in [-0.39, 0.29) is 6.04 Å². The van der Waals surface area contributed by atoms with Crippen LogP contribution in [0.25, 0.3) is 0 Å². The zero-order valence-corrected chi connectivity index (χ0v) is 19.7. The predicted octanol–water partition coefficient (Wildman–Crippen LogP) is 4.13. The fraction of sp³-hybridized carbons (Fsp3) is 0.391. The summed E-state index contributed by atoms with van der Waals surface area (Å²) >= 11 is 1.37. The first-order valence-corrected chi connectivity index (χ1v) is 11.3. The number of ether oxygens (including phenoxy) is 4. The molecule has 9 heteroatoms. The first-order valence-electron chi connectivity index (χ1n) is 10.0. The highest BCUT2D eigenvalue weighted by Gasteiger charge is 2.30. The highest BCUT2D eigenvalue weighted by Crippen LogP contribution is 2.38. The van der Waals surface area contributed by atoms with Crippen molar-refractivity contribution in [1.29, 1.82) is 0 Å². The predicted molar refractivity (Wildman–Crippen MR) is 124 cm³/mol. The molecule has 0 radical (unpaired) electrons. The molecular weight excluding hydrogens is 432 g/mol. The maximum Gasteiger partial charge on any atom is 0.264 e. The minimum absolute atomic E-state index is 0.0114. The van der Waals surface area contributed by atoms with E-state index in [9.17, 15) is 10.1 Å². The number of nitrogens with zero attached hydrogens (tertiary/aromatic N) is 2. The second-order valence-electron chi connectivity index (χ2n) is 7.31. The van der Waals surface area contributed by atoms with E-state index in [4.69, 9.17) is 18.9 Å². The molecule has 2 aromatic carbocycles. The molecule has 0 amide bonds. The van der Waals surface area contributed by atoms with Crippen molar-refractivity contribution >= 4 is 11.8 Å². The lowest BCUT2D eigenvalue weighted by Crippen LogP contribution is -2.40. The second-order valence-corrected chi connectivity index (χ2v) is 8.14. The molecule has 0 aromatic heterocycles. The summed E-state index contributed by atoms with van der Waals surface area (Å²) in [7, 11) is 6.43. The van der Waals surface area contributed by atoms with Gasteiger partial charge in [-0.1, -0.05) is 6.07 Å². The van der Waals surface area contributed by atoms with Gasteiger partial charge in [0, 0.05) is 12.6 Å². The monoisotopic (exact) mass is 460 g/mol. The summed E-state index contributed by atoms with van der Waals surface area (Å²) in [6.45, 7) is 0.536. The van der Waals surface area contributed by atoms with E-state index in [0.29, 0.717) is 47.4 Å². The van der Waals surface area contributed by atoms with Crippen LogP contribution in [-0.4, -0.2) is 50.6 Å². The Balaban J connectivity index is 2.02. The van der Waals surface area contributed by atoms with Gasteiger partial charge in [0.05, 0.1) is 33.4 Å². The lowest BCUT2D eigenvalue weighted by atomic mass is 9.90. The standard InChI is InChI=1S/C23H28N2O6S/c1-28-19-7-6-15(9-20(19)29-2)8-18-10-16-11-21(30-3)22(31-4)12-17(16)13-24(18)23(32-5)14-25(26)27/h6-7,9,11-12,14,18H,8,10,13H2,1-5H3/b23-14+. The van der Waals surface area contributed by atoms with Crippen LogP contribution >= 0.6 is 11.8 Å². The third-order valence-electron chi connectivity index (χ3n) is 5.57. The zero-order chi connectivity index (χ0) is 23.3. The largest absolute Gasteiger partial charge is 0.493 e. The third-order valence-corrected chi connectivity index (χ3v) is 6.33. The van der Waals surface area contributed by atoms with Crippen LogP contribution in [0.3, 0.4) is 0 Å². The fourth-order valence-electron chi connectivity index (χ4n) is 4.03. The molecule has 0 bridgehead atoms. The summed E-state index contributed by atoms with van der Waals surface area (Å²) in [5, 5.41) is 11.9. The molecule has 0 N–H and O–H groups in total. The van der Waals surface area contributed by atoms with Gasteiger partial charge in [0.25, 0.3) is 6.20 Å². The van der Waals surface area contributed by atoms with Gasteiger partial charge in [0.2, 0.25) is 0 Å². The van der Waals surface area contributed by atoms with Gasteiger partial charge >= 0.3 is 0 Å². The molecule has 1 unspecified atom stereocenters. The van der Waals surface area contributed by atoms with Crippen LogP contribution in [0, 0.1) is 10.1 Å². The number of benzene rings is 2. The summed E-state index contributed by atoms with van der Waals surface area (Å²) in [4.78, 5) is 13.0. The molecule has 0 saturated heterocycles. The second kappa shape index (κ2) is 10.5. The quantitative estimate of drug-likeness (QED) is 0.408. The van der Waals surface area contributed by atoms with Crippen molar-refractivity contribution in [2.24, 2.45) is 0 Å². The van der Waals surface area contributed by atoms with Crippen molar-refractivity contribution in [2.45, 2.75) is 25.4 Å². The molecule has 1 atom stereocenters. The van der Waals surface area contributed by atoms with Gasteiger partial charge in [0.1, 0.15) is 5.03 Å². The van der Waals surface area contributed by atoms with Gasteiger partial charge in [-0.05, 0) is 60.1 Å². The minimum atomic E-state index is -0.399. The number of nitro groups is 1. The minimum Gasteiger partial charge on any atom is -0.493 e. The topological polar surface area (TPSA) is 83.3 Å². The van der Waals surface area contributed by atoms with E-state index in [1.54, 1.807) is 28.4 Å². The summed E-state index contributed by atoms with van der Waals surface area (Å²) in [6, 6.07) is 9.81. The number of hydrogen-bond donors (Lipinski definition) is 0. The summed E-state index contributed by atoms with van der Waals surface area (Å²) in [5.74, 6) is 2.64. The molecule has 3 rings (SSSR count). The van der Waals surface area contributed by atoms with E-state index in [1.165, 1.54) is 11.8 Å². The summed E-state index contributed by atoms with van der Waals surface area (Å²) in [6.07, 6.45) is 4.33. The highest BCUT2D eigenvalue weighted by atomic mass is 32.2. The molecule has 0 spiro atoms. The zero-order valence-electron chi connectivity index (χ0n) is 18.9. The lowest BCUT2D eigenvalue weighted by Gasteiger charge is -2.39. The Labute approximate surface area is 192 Å². The maximum absolute atomic E-state index is 11.3. The van der Waals surface area contributed by atoms with E-state index >= 15 is 0 Å². The van der Waals surface area contributed by atoms with Crippen LogP contribution in [-0.2, 0) is 19.4 Å². The van der Waals surface area contributed by atoms with Gasteiger partial charge < -0.3 is 23.8 Å². The van der Waals surface area contributed by atoms with Gasteiger partial charge in [-0.3, -0.25) is 10.1 Å². The van der Waals surface area contributed by atoms with Crippen LogP contribution in [0.1, 0.15) is 16.7 Å². The normalized spacial score (nSPS) is 15.7. The van der Waals surface area contributed by atoms with Gasteiger partial charge in [-0.2, -0.15) is 0 Å². The van der Waals surface area contributed by atoms with Crippen molar-refractivity contribution in [1.82, 2.24) is 4.90 Å². The van der Waals surface area contributed by atoms with Crippen molar-refractivity contribution < 1.29 is 23.9 Å². The number of fused-ring (bicyclic) bond motifs is 1. The maximum atomic E-state index is 11.3. The van der Waals surface area contributed by atoms with E-state index in [0.717, 1.165) is 22.9 Å². The Hall–Kier alpha value is -3.07. The SMILES string of the molecule is COc1ccc(CC2Cc3cc(OC)c(OC)cc3CN2/C(=C\[N+](=O)[O-])SC)cc1OC. The van der Waals surface area contributed by atoms with Crippen LogP contribution < -0.4 is 18.9 Å². The first-order chi connectivity index (χ1) is 15.4. The van der Waals surface area contributed by atoms with Crippen molar-refractivity contribution in [3.63, 3.8) is 0 Å². The van der Waals surface area contributed by atoms with Crippen LogP contribution in [0.2, 0.25) is 0 Å². The smallest absolute Gasteiger partial charge is 0.264 e. The Kier molecular flexibility index (Phi) is 7.74. The van der Waals surface area contributed by atoms with Crippen LogP contribution in [0.15, 0.2) is 41.6 Å². The molecule has 1 aliphatic rings. The molecule has 8 nitrogen and oxygen atoms in total. The van der Waals surface area contributed by atoms with Gasteiger partial charge in [-0.25, -0.2) is 0 Å². The van der Waals surface area contributed by atoms with Crippen molar-refractivity contribution in [3.8, 4) is 23.0 Å². The third kappa shape index (κ3) is 5.04. The molecule has 0 fully saturated rings. The summed E-state index contributed by atoms with van der Waals surface area (Å²) < 4.78 is 21.7. The Bertz CT molecular complexity index is 1010. The van der Waals surface area contributed by atoms with E-state index < -0.39 is 4.92 Å². The van der Waals surface area contributed by atoms with Crippen molar-refractivity contribution in [2.75, 3.05) is 34.7 Å². The number of methoxy groups -OCH3 is 4. The number of hydrogen-bond acceptors (Lipinski definition) is 8. The molecule has 32 heavy (non-hydrogen) atoms. The molecule has 1 heterocycles. The van der Waals surface area contributed by atoms with Crippen LogP contribution in [0.5, 0.6) is 23.0 Å². The Morgan fingerprint density at radius 1 is 1.03 bits per heavy atom. The fourth-order valence-corrected chi connectivity index (χ4v) is 4.67. The number of rotatable bonds is 9. The molecule has 172 valence electrons. The Morgan fingerprint density at radius 3 is 2.19 bits per heavy atom. The number of thioether (sulfide) groups is 1. The average Bonchev–Trinajstić information content (AvgIpc) is 2.81. The van der Waals surface area contributed by atoms with Crippen LogP contribution in [0.4, 0.5) is 0 Å². The molecule has 1 aliphatic heterocycles. The molecule has 0 saturated carbocycles. The Morgan fingerprint density at radius 2 is 1.62 bits per heavy atom. The molecule has 2 aromatic rings.